The highest BCUT2D eigenvalue weighted by molar-refractivity contribution is 7.47. The fourth-order valence-electron chi connectivity index (χ4n) is 10.4. The summed E-state index contributed by atoms with van der Waals surface area (Å²) in [6.07, 6.45) is 100.0. The highest BCUT2D eigenvalue weighted by Crippen LogP contribution is 2.45. The Morgan fingerprint density at radius 2 is 0.486 bits per heavy atom. The molecule has 0 aromatic heterocycles. The van der Waals surface area contributed by atoms with E-state index in [2.05, 4.69) is 179 Å². The molecular weight excluding hydrogens is 1360 g/mol. The summed E-state index contributed by atoms with van der Waals surface area (Å²) in [6.45, 7) is 2.26. The lowest BCUT2D eigenvalue weighted by Gasteiger charge is -2.21. The minimum Gasteiger partial charge on any atom is -0.463 e. The molecule has 105 heavy (non-hydrogen) atoms. The maximum Gasteiger partial charge on any atom is 0.472 e. The van der Waals surface area contributed by atoms with Crippen molar-refractivity contribution in [2.45, 2.75) is 322 Å². The van der Waals surface area contributed by atoms with E-state index in [0.29, 0.717) is 25.7 Å². The molecule has 0 amide bonds. The third-order valence-corrected chi connectivity index (χ3v) is 18.3. The van der Waals surface area contributed by atoms with E-state index in [4.69, 9.17) is 32.3 Å². The van der Waals surface area contributed by atoms with Crippen molar-refractivity contribution in [2.75, 3.05) is 39.6 Å². The molecule has 0 aromatic carbocycles. The zero-order chi connectivity index (χ0) is 76.6. The van der Waals surface area contributed by atoms with Crippen LogP contribution in [0.4, 0.5) is 0 Å². The molecule has 0 rings (SSSR count). The second-order valence-electron chi connectivity index (χ2n) is 26.4. The van der Waals surface area contributed by atoms with Crippen molar-refractivity contribution in [3.8, 4) is 0 Å². The largest absolute Gasteiger partial charge is 0.472 e. The van der Waals surface area contributed by atoms with Crippen LogP contribution in [0.2, 0.25) is 0 Å². The summed E-state index contributed by atoms with van der Waals surface area (Å²) in [6, 6.07) is 0. The normalized spacial score (nSPS) is 14.8. The van der Waals surface area contributed by atoms with Gasteiger partial charge in [-0.05, 0) is 141 Å². The Labute approximate surface area is 637 Å². The van der Waals surface area contributed by atoms with Crippen LogP contribution < -0.4 is 0 Å². The molecule has 5 atom stereocenters. The number of phosphoric ester groups is 2. The molecule has 0 saturated carbocycles. The smallest absolute Gasteiger partial charge is 0.463 e. The first-order valence-corrected chi connectivity index (χ1v) is 43.4. The Balaban J connectivity index is 4.46. The van der Waals surface area contributed by atoms with Crippen LogP contribution in [0.25, 0.3) is 0 Å². The van der Waals surface area contributed by atoms with Crippen LogP contribution in [-0.2, 0) is 55.8 Å². The predicted octanol–water partition coefficient (Wildman–Crippen LogP) is 24.0. The molecule has 0 spiro atoms. The van der Waals surface area contributed by atoms with Gasteiger partial charge in [0, 0.05) is 19.3 Å². The summed E-state index contributed by atoms with van der Waals surface area (Å²) >= 11 is 0. The Hall–Kier alpha value is -5.09. The third-order valence-electron chi connectivity index (χ3n) is 16.4. The molecule has 0 saturated heterocycles. The van der Waals surface area contributed by atoms with Gasteiger partial charge in [0.05, 0.1) is 26.4 Å². The van der Waals surface area contributed by atoms with E-state index in [1.54, 1.807) is 0 Å². The molecule has 0 aliphatic heterocycles. The Morgan fingerprint density at radius 3 is 0.790 bits per heavy atom. The van der Waals surface area contributed by atoms with E-state index < -0.39 is 91.5 Å². The molecule has 0 fully saturated rings. The molecule has 4 N–H and O–H groups in total. The Bertz CT molecular complexity index is 2590. The lowest BCUT2D eigenvalue weighted by molar-refractivity contribution is -0.161. The number of rotatable bonds is 75. The number of aliphatic hydroxyl groups is 2. The molecule has 0 heterocycles. The van der Waals surface area contributed by atoms with Gasteiger partial charge in [-0.2, -0.15) is 0 Å². The summed E-state index contributed by atoms with van der Waals surface area (Å²) in [5.41, 5.74) is 0. The maximum atomic E-state index is 13.0. The summed E-state index contributed by atoms with van der Waals surface area (Å²) in [5, 5.41) is 20.6. The standard InChI is InChI=1S/C87H144O16P2/c1-4-7-10-13-16-19-22-25-28-31-32-33-34-35-36-37-38-39-40-41-42-43-44-45-46-47-48-51-53-55-58-61-64-67-70-73-85(90)97-76-82(88)77-99-104(93,94)100-78-83(89)79-101-105(95,96)102-81-84(103-87(92)75-72-69-66-63-60-57-54-50-30-27-24-21-18-15-12-9-6-3)80-98-86(91)74-71-68-65-62-59-56-52-49-29-26-23-20-17-14-11-8-5-2/h7-12,16-21,25-30,32-33,35-36,38-39,52,56,62,65,82-84,88-89H,4-6,13-15,22-24,31,34,37,40-51,53-55,57-61,63-64,66-81H2,1-3H3,(H,93,94)(H,95,96)/b10-7-,11-8-,12-9-,19-16-,20-17-,21-18-,28-25-,29-26-,30-27-,33-32-,36-35-,39-38-,56-52-,65-62-. The van der Waals surface area contributed by atoms with Crippen molar-refractivity contribution >= 4 is 33.6 Å². The fourth-order valence-corrected chi connectivity index (χ4v) is 12.0. The zero-order valence-electron chi connectivity index (χ0n) is 65.3. The topological polar surface area (TPSA) is 231 Å². The highest BCUT2D eigenvalue weighted by Gasteiger charge is 2.29. The lowest BCUT2D eigenvalue weighted by Crippen LogP contribution is -2.30. The second-order valence-corrected chi connectivity index (χ2v) is 29.3. The highest BCUT2D eigenvalue weighted by atomic mass is 31.2. The molecule has 18 heteroatoms. The minimum absolute atomic E-state index is 0.0764. The number of phosphoric acid groups is 2. The van der Waals surface area contributed by atoms with Crippen molar-refractivity contribution in [3.63, 3.8) is 0 Å². The molecule has 0 aromatic rings. The van der Waals surface area contributed by atoms with Crippen molar-refractivity contribution < 1.29 is 75.8 Å². The van der Waals surface area contributed by atoms with Gasteiger partial charge in [0.1, 0.15) is 25.4 Å². The van der Waals surface area contributed by atoms with Gasteiger partial charge in [0.25, 0.3) is 0 Å². The van der Waals surface area contributed by atoms with Gasteiger partial charge in [-0.25, -0.2) is 9.13 Å². The van der Waals surface area contributed by atoms with Crippen molar-refractivity contribution in [2.24, 2.45) is 0 Å². The number of hydrogen-bond acceptors (Lipinski definition) is 14. The monoisotopic (exact) mass is 1510 g/mol. The first-order chi connectivity index (χ1) is 51.2. The van der Waals surface area contributed by atoms with Crippen LogP contribution >= 0.6 is 15.6 Å². The lowest BCUT2D eigenvalue weighted by atomic mass is 10.0. The van der Waals surface area contributed by atoms with Crippen molar-refractivity contribution in [3.05, 3.63) is 170 Å². The van der Waals surface area contributed by atoms with Gasteiger partial charge >= 0.3 is 33.6 Å². The molecule has 0 radical (unpaired) electrons. The van der Waals surface area contributed by atoms with Crippen LogP contribution in [-0.4, -0.2) is 95.9 Å². The quantitative estimate of drug-likeness (QED) is 0.0146. The van der Waals surface area contributed by atoms with Crippen molar-refractivity contribution in [1.29, 1.82) is 0 Å². The van der Waals surface area contributed by atoms with E-state index in [0.717, 1.165) is 154 Å². The van der Waals surface area contributed by atoms with E-state index in [-0.39, 0.29) is 19.3 Å². The van der Waals surface area contributed by atoms with E-state index in [1.165, 1.54) is 83.5 Å². The first-order valence-electron chi connectivity index (χ1n) is 40.4. The fraction of sp³-hybridized carbons (Fsp3) is 0.644. The first kappa shape index (κ1) is 99.9. The van der Waals surface area contributed by atoms with Crippen LogP contribution in [0.5, 0.6) is 0 Å². The average Bonchev–Trinajstić information content (AvgIpc) is 0.911. The number of aliphatic hydroxyl groups excluding tert-OH is 2. The molecule has 0 aliphatic carbocycles. The average molecular weight is 1510 g/mol. The number of ether oxygens (including phenoxy) is 3. The van der Waals surface area contributed by atoms with Crippen molar-refractivity contribution in [1.82, 2.24) is 0 Å². The number of unbranched alkanes of at least 4 members (excludes halogenated alkanes) is 24. The van der Waals surface area contributed by atoms with Gasteiger partial charge in [0.2, 0.25) is 0 Å². The number of carbonyl (C=O) groups excluding carboxylic acids is 3. The van der Waals surface area contributed by atoms with E-state index >= 15 is 0 Å². The molecule has 16 nitrogen and oxygen atoms in total. The summed E-state index contributed by atoms with van der Waals surface area (Å²) in [4.78, 5) is 58.6. The van der Waals surface area contributed by atoms with Crippen LogP contribution in [0.3, 0.4) is 0 Å². The predicted molar refractivity (Wildman–Crippen MR) is 435 cm³/mol. The minimum atomic E-state index is -4.95. The summed E-state index contributed by atoms with van der Waals surface area (Å²) in [5.74, 6) is -1.66. The molecule has 598 valence electrons. The number of hydrogen-bond donors (Lipinski definition) is 4. The maximum absolute atomic E-state index is 13.0. The number of allylic oxidation sites excluding steroid dienone is 28. The SMILES string of the molecule is CC/C=C\C/C=C\C/C=C\C/C=C\C/C=C\C/C=C\CCCCCCCCCCCCCCCCCCC(=O)OCC(O)COP(=O)(O)OCC(O)COP(=O)(O)OCC(COC(=O)CCC/C=C\C/C=C\C/C=C\C/C=C\C/C=C\CC)OC(=O)CCCCCCCCC/C=C\C/C=C\C/C=C\CC. The number of esters is 3. The van der Waals surface area contributed by atoms with Gasteiger partial charge in [-0.3, -0.25) is 32.5 Å². The molecular formula is C87H144O16P2. The van der Waals surface area contributed by atoms with Crippen LogP contribution in [0.1, 0.15) is 303 Å². The summed E-state index contributed by atoms with van der Waals surface area (Å²) in [7, 11) is -9.82. The van der Waals surface area contributed by atoms with E-state index in [1.807, 2.05) is 12.2 Å². The Morgan fingerprint density at radius 1 is 0.267 bits per heavy atom. The number of carbonyl (C=O) groups is 3. The van der Waals surface area contributed by atoms with Crippen LogP contribution in [0.15, 0.2) is 170 Å². The van der Waals surface area contributed by atoms with Crippen LogP contribution in [0, 0.1) is 0 Å². The Kier molecular flexibility index (Phi) is 74.7. The third kappa shape index (κ3) is 79.8. The molecule has 0 bridgehead atoms. The van der Waals surface area contributed by atoms with Gasteiger partial charge < -0.3 is 34.2 Å². The van der Waals surface area contributed by atoms with Gasteiger partial charge in [0.15, 0.2) is 6.10 Å². The molecule has 5 unspecified atom stereocenters. The van der Waals surface area contributed by atoms with Gasteiger partial charge in [-0.1, -0.05) is 313 Å². The molecule has 0 aliphatic rings. The van der Waals surface area contributed by atoms with E-state index in [9.17, 15) is 43.5 Å². The van der Waals surface area contributed by atoms with Gasteiger partial charge in [-0.15, -0.1) is 0 Å². The summed E-state index contributed by atoms with van der Waals surface area (Å²) < 4.78 is 61.1. The second kappa shape index (κ2) is 78.5. The zero-order valence-corrected chi connectivity index (χ0v) is 67.1.